The van der Waals surface area contributed by atoms with Crippen molar-refractivity contribution in [2.75, 3.05) is 0 Å². The highest BCUT2D eigenvalue weighted by Crippen LogP contribution is 2.32. The highest BCUT2D eigenvalue weighted by Gasteiger charge is 2.28. The molecule has 6 aromatic carbocycles. The molecule has 0 saturated carbocycles. The van der Waals surface area contributed by atoms with Crippen LogP contribution in [0.15, 0.2) is 255 Å². The summed E-state index contributed by atoms with van der Waals surface area (Å²) in [6, 6.07) is 71.8. The van der Waals surface area contributed by atoms with Gasteiger partial charge in [0.15, 0.2) is 24.4 Å². The monoisotopic (exact) mass is 1460 g/mol. The molecule has 6 aromatic heterocycles. The predicted octanol–water partition coefficient (Wildman–Crippen LogP) is 9.71. The van der Waals surface area contributed by atoms with Gasteiger partial charge in [0.05, 0.1) is 45.6 Å². The summed E-state index contributed by atoms with van der Waals surface area (Å²) in [4.78, 5) is 69.8. The van der Waals surface area contributed by atoms with Gasteiger partial charge in [-0.05, 0) is 209 Å². The summed E-state index contributed by atoms with van der Waals surface area (Å²) in [6.07, 6.45) is -9.34. The number of rotatable bonds is 24. The first-order valence-corrected chi connectivity index (χ1v) is 33.4. The summed E-state index contributed by atoms with van der Waals surface area (Å²) in [5, 5.41) is 78.6. The van der Waals surface area contributed by atoms with Crippen LogP contribution in [0.3, 0.4) is 0 Å². The molecule has 0 aliphatic heterocycles. The summed E-state index contributed by atoms with van der Waals surface area (Å²) < 4.78 is 23.0. The minimum atomic E-state index is -1.72. The number of ether oxygens (including phenoxy) is 4. The van der Waals surface area contributed by atoms with Crippen molar-refractivity contribution in [1.29, 1.82) is 0 Å². The van der Waals surface area contributed by atoms with Gasteiger partial charge in [0.25, 0.3) is 0 Å². The molecule has 16 N–H and O–H groups in total. The molecule has 12 aromatic rings. The van der Waals surface area contributed by atoms with Crippen LogP contribution in [-0.4, -0.2) is 119 Å². The second-order valence-corrected chi connectivity index (χ2v) is 24.4. The molecule has 108 heavy (non-hydrogen) atoms. The fourth-order valence-corrected chi connectivity index (χ4v) is 9.91. The van der Waals surface area contributed by atoms with Crippen LogP contribution in [0.25, 0.3) is 45.0 Å². The number of aliphatic hydroxyl groups is 8. The van der Waals surface area contributed by atoms with E-state index in [2.05, 4.69) is 29.9 Å². The molecule has 8 atom stereocenters. The highest BCUT2D eigenvalue weighted by atomic mass is 16.5. The van der Waals surface area contributed by atoms with Gasteiger partial charge in [-0.25, -0.2) is 29.9 Å². The maximum Gasteiger partial charge on any atom is 0.249 e. The maximum absolute atomic E-state index is 11.0. The molecule has 26 heteroatoms. The molecular formula is C82H78N10O16. The molecule has 4 amide bonds. The van der Waals surface area contributed by atoms with E-state index in [1.54, 1.807) is 97.3 Å². The molecule has 12 rings (SSSR count). The third-order valence-electron chi connectivity index (χ3n) is 16.0. The number of nitrogens with zero attached hydrogens (tertiary/aromatic N) is 6. The Morgan fingerprint density at radius 2 is 0.472 bits per heavy atom. The number of amides is 4. The fourth-order valence-electron chi connectivity index (χ4n) is 9.91. The molecule has 0 saturated heterocycles. The Morgan fingerprint density at radius 1 is 0.269 bits per heavy atom. The first-order chi connectivity index (χ1) is 51.7. The second-order valence-electron chi connectivity index (χ2n) is 24.4. The van der Waals surface area contributed by atoms with Gasteiger partial charge in [-0.15, -0.1) is 0 Å². The molecule has 0 spiro atoms. The molecule has 0 fully saturated rings. The Bertz CT molecular complexity index is 4330. The molecule has 6 heterocycles. The van der Waals surface area contributed by atoms with E-state index in [0.717, 1.165) is 56.0 Å². The normalized spacial score (nSPS) is 13.0. The molecule has 552 valence electrons. The van der Waals surface area contributed by atoms with Crippen LogP contribution < -0.4 is 41.9 Å². The fraction of sp³-hybridized carbons (Fsp3) is 0.146. The molecule has 0 bridgehead atoms. The summed E-state index contributed by atoms with van der Waals surface area (Å²) in [6.45, 7) is 7.93. The zero-order valence-corrected chi connectivity index (χ0v) is 58.7. The number of hydrogen-bond donors (Lipinski definition) is 12. The second kappa shape index (κ2) is 37.6. The number of aliphatic hydroxyl groups excluding tert-OH is 8. The van der Waals surface area contributed by atoms with E-state index in [4.69, 9.17) is 41.9 Å². The van der Waals surface area contributed by atoms with Crippen LogP contribution in [0.5, 0.6) is 46.3 Å². The Kier molecular flexibility index (Phi) is 27.5. The van der Waals surface area contributed by atoms with Crippen LogP contribution in [0.4, 0.5) is 0 Å². The predicted molar refractivity (Wildman–Crippen MR) is 400 cm³/mol. The summed E-state index contributed by atoms with van der Waals surface area (Å²) in [5.41, 5.74) is 30.6. The Hall–Kier alpha value is -13.0. The van der Waals surface area contributed by atoms with Gasteiger partial charge < -0.3 is 82.7 Å². The van der Waals surface area contributed by atoms with E-state index < -0.39 is 72.5 Å². The number of pyridine rings is 6. The molecular weight excluding hydrogens is 1380 g/mol. The third-order valence-corrected chi connectivity index (χ3v) is 16.0. The van der Waals surface area contributed by atoms with Gasteiger partial charge in [-0.1, -0.05) is 71.8 Å². The van der Waals surface area contributed by atoms with Gasteiger partial charge in [0.2, 0.25) is 35.4 Å². The van der Waals surface area contributed by atoms with Crippen LogP contribution in [0.1, 0.15) is 69.4 Å². The number of carbonyl (C=O) groups excluding carboxylic acids is 4. The van der Waals surface area contributed by atoms with Crippen LogP contribution >= 0.6 is 0 Å². The van der Waals surface area contributed by atoms with E-state index in [1.165, 1.54) is 24.3 Å². The number of benzene rings is 6. The van der Waals surface area contributed by atoms with Crippen molar-refractivity contribution in [1.82, 2.24) is 29.9 Å². The van der Waals surface area contributed by atoms with Gasteiger partial charge >= 0.3 is 0 Å². The SMILES string of the molecule is Cc1ccc(Oc2ccc(-c3cccc([C@@H](O)[C@H](O)C(N)=O)n3)cc2)cc1.Cc1ccc(Oc2ccc(-c3cccc([C@@H](O)[C@H](O)C(N)=O)n3)cc2)nc1.Cc1ccc(Oc2ccc(-c3cccc([C@H](O)[C@@H](O)C(N)=O)n3)cc2)cc1.Cc1ccc(Oc2ccc(-c3cccc([C@H](O)[C@@H](O)C(N)=O)n3)cc2)nc1. The van der Waals surface area contributed by atoms with Crippen molar-refractivity contribution in [3.8, 4) is 91.3 Å². The minimum Gasteiger partial charge on any atom is -0.457 e. The Labute approximate surface area is 620 Å². The van der Waals surface area contributed by atoms with Crippen molar-refractivity contribution >= 4 is 23.6 Å². The Morgan fingerprint density at radius 3 is 0.676 bits per heavy atom. The summed E-state index contributed by atoms with van der Waals surface area (Å²) in [7, 11) is 0. The van der Waals surface area contributed by atoms with Crippen molar-refractivity contribution < 1.29 is 79.0 Å². The standard InChI is InChI=1S/2C21H20N2O4.2C20H19N3O4/c2*1-13-5-9-15(10-6-13)27-16-11-7-14(8-12-16)17-3-2-4-18(23-17)19(24)20(25)21(22)26;2*1-12-5-10-17(22-11-12)27-14-8-6-13(7-9-14)15-3-2-4-16(23-15)18(24)19(25)20(21)26/h2*2-12,19-20,24-25H,1H3,(H2,22,26);2*2-11,18-19,24-25H,1H3,(H2,21,26)/t2*19-,20+;2*18-,19+/m1010/s1. The Balaban J connectivity index is 0.000000166. The quantitative estimate of drug-likeness (QED) is 0.0268. The molecule has 0 radical (unpaired) electrons. The van der Waals surface area contributed by atoms with E-state index in [0.29, 0.717) is 57.5 Å². The summed E-state index contributed by atoms with van der Waals surface area (Å²) >= 11 is 0. The zero-order valence-electron chi connectivity index (χ0n) is 58.7. The summed E-state index contributed by atoms with van der Waals surface area (Å²) in [5.74, 6) is 1.06. The molecule has 26 nitrogen and oxygen atoms in total. The zero-order chi connectivity index (χ0) is 77.6. The number of hydrogen-bond acceptors (Lipinski definition) is 22. The largest absolute Gasteiger partial charge is 0.457 e. The van der Waals surface area contributed by atoms with Crippen molar-refractivity contribution in [2.24, 2.45) is 22.9 Å². The molecule has 0 aliphatic rings. The van der Waals surface area contributed by atoms with Crippen molar-refractivity contribution in [2.45, 2.75) is 76.5 Å². The lowest BCUT2D eigenvalue weighted by Gasteiger charge is -2.15. The maximum atomic E-state index is 11.0. The number of nitrogens with two attached hydrogens (primary N) is 4. The average Bonchev–Trinajstić information content (AvgIpc) is 0.843. The van der Waals surface area contributed by atoms with E-state index in [9.17, 15) is 60.0 Å². The van der Waals surface area contributed by atoms with Crippen molar-refractivity contribution in [3.05, 3.63) is 300 Å². The average molecular weight is 1460 g/mol. The topological polar surface area (TPSA) is 448 Å². The first kappa shape index (κ1) is 79.1. The first-order valence-electron chi connectivity index (χ1n) is 33.4. The van der Waals surface area contributed by atoms with Crippen LogP contribution in [-0.2, 0) is 19.2 Å². The lowest BCUT2D eigenvalue weighted by Crippen LogP contribution is -2.34. The van der Waals surface area contributed by atoms with Gasteiger partial charge in [0.1, 0.15) is 58.9 Å². The molecule has 0 unspecified atom stereocenters. The van der Waals surface area contributed by atoms with Gasteiger partial charge in [-0.3, -0.25) is 19.2 Å². The van der Waals surface area contributed by atoms with Crippen LogP contribution in [0, 0.1) is 27.7 Å². The number of carbonyl (C=O) groups is 4. The number of aryl methyl sites for hydroxylation is 4. The van der Waals surface area contributed by atoms with Gasteiger partial charge in [-0.2, -0.15) is 0 Å². The number of aromatic nitrogens is 6. The van der Waals surface area contributed by atoms with E-state index in [-0.39, 0.29) is 22.8 Å². The molecule has 0 aliphatic carbocycles. The van der Waals surface area contributed by atoms with E-state index >= 15 is 0 Å². The minimum absolute atomic E-state index is 0.156. The van der Waals surface area contributed by atoms with Gasteiger partial charge in [0, 0.05) is 46.8 Å². The lowest BCUT2D eigenvalue weighted by molar-refractivity contribution is -0.132. The smallest absolute Gasteiger partial charge is 0.249 e. The van der Waals surface area contributed by atoms with E-state index in [1.807, 2.05) is 161 Å². The third kappa shape index (κ3) is 22.5. The van der Waals surface area contributed by atoms with Crippen LogP contribution in [0.2, 0.25) is 0 Å². The highest BCUT2D eigenvalue weighted by molar-refractivity contribution is 5.81. The lowest BCUT2D eigenvalue weighted by atomic mass is 10.1. The van der Waals surface area contributed by atoms with Crippen molar-refractivity contribution in [3.63, 3.8) is 0 Å². The number of primary amides is 4.